The van der Waals surface area contributed by atoms with Gasteiger partial charge in [-0.15, -0.1) is 0 Å². The summed E-state index contributed by atoms with van der Waals surface area (Å²) in [5, 5.41) is 7.73. The number of rotatable bonds is 7. The Morgan fingerprint density at radius 3 is 2.52 bits per heavy atom. The van der Waals surface area contributed by atoms with Crippen LogP contribution in [-0.4, -0.2) is 34.8 Å². The lowest BCUT2D eigenvalue weighted by molar-refractivity contribution is 0.183. The van der Waals surface area contributed by atoms with E-state index in [1.165, 1.54) is 11.1 Å². The van der Waals surface area contributed by atoms with Gasteiger partial charge in [-0.2, -0.15) is 5.10 Å². The van der Waals surface area contributed by atoms with Crippen LogP contribution in [0.1, 0.15) is 30.5 Å². The lowest BCUT2D eigenvalue weighted by Gasteiger charge is -2.34. The molecule has 0 saturated heterocycles. The maximum atomic E-state index is 4.25. The first-order chi connectivity index (χ1) is 10.2. The molecule has 2 aromatic rings. The number of benzene rings is 1. The number of hydrogen-bond donors (Lipinski definition) is 1. The van der Waals surface area contributed by atoms with Gasteiger partial charge >= 0.3 is 0 Å². The Morgan fingerprint density at radius 2 is 2.00 bits per heavy atom. The number of likely N-dealkylation sites (N-methyl/N-ethyl adjacent to an activating group) is 2. The molecule has 114 valence electrons. The van der Waals surface area contributed by atoms with E-state index >= 15 is 0 Å². The normalized spacial score (nSPS) is 14.3. The number of nitrogens with zero attached hydrogens (tertiary/aromatic N) is 3. The summed E-state index contributed by atoms with van der Waals surface area (Å²) in [5.74, 6) is 0. The predicted molar refractivity (Wildman–Crippen MR) is 87.0 cm³/mol. The van der Waals surface area contributed by atoms with Crippen molar-refractivity contribution >= 4 is 0 Å². The van der Waals surface area contributed by atoms with E-state index in [0.717, 1.165) is 13.0 Å². The van der Waals surface area contributed by atoms with E-state index in [0.29, 0.717) is 12.1 Å². The van der Waals surface area contributed by atoms with Crippen LogP contribution >= 0.6 is 0 Å². The van der Waals surface area contributed by atoms with Crippen molar-refractivity contribution in [3.8, 4) is 0 Å². The highest BCUT2D eigenvalue weighted by Gasteiger charge is 2.24. The Bertz CT molecular complexity index is 535. The molecule has 1 aromatic heterocycles. The molecule has 1 aromatic carbocycles. The Labute approximate surface area is 127 Å². The van der Waals surface area contributed by atoms with Crippen molar-refractivity contribution in [2.75, 3.05) is 14.1 Å². The molecule has 0 amide bonds. The molecule has 1 N–H and O–H groups in total. The maximum absolute atomic E-state index is 4.25. The molecule has 0 fully saturated rings. The quantitative estimate of drug-likeness (QED) is 0.849. The molecule has 0 radical (unpaired) electrons. The Hall–Kier alpha value is -1.65. The zero-order valence-corrected chi connectivity index (χ0v) is 13.5. The number of hydrogen-bond acceptors (Lipinski definition) is 3. The molecule has 2 unspecified atom stereocenters. The third-order valence-corrected chi connectivity index (χ3v) is 4.03. The van der Waals surface area contributed by atoms with Crippen molar-refractivity contribution in [3.63, 3.8) is 0 Å². The molecule has 0 spiro atoms. The van der Waals surface area contributed by atoms with E-state index in [1.807, 2.05) is 25.0 Å². The highest BCUT2D eigenvalue weighted by atomic mass is 15.2. The third kappa shape index (κ3) is 3.93. The summed E-state index contributed by atoms with van der Waals surface area (Å²) in [4.78, 5) is 2.41. The molecule has 0 aliphatic rings. The van der Waals surface area contributed by atoms with E-state index in [2.05, 4.69) is 65.8 Å². The molecule has 2 atom stereocenters. The molecule has 21 heavy (non-hydrogen) atoms. The Balaban J connectivity index is 2.13. The fraction of sp³-hybridized carbons (Fsp3) is 0.471. The second-order valence-electron chi connectivity index (χ2n) is 5.59. The first-order valence-electron chi connectivity index (χ1n) is 7.55. The van der Waals surface area contributed by atoms with E-state index < -0.39 is 0 Å². The van der Waals surface area contributed by atoms with Gasteiger partial charge in [-0.3, -0.25) is 9.58 Å². The van der Waals surface area contributed by atoms with Gasteiger partial charge in [0.1, 0.15) is 0 Å². The molecule has 0 aliphatic heterocycles. The third-order valence-electron chi connectivity index (χ3n) is 4.03. The van der Waals surface area contributed by atoms with Crippen molar-refractivity contribution in [2.24, 2.45) is 7.05 Å². The summed E-state index contributed by atoms with van der Waals surface area (Å²) in [5.41, 5.74) is 2.59. The first-order valence-corrected chi connectivity index (χ1v) is 7.55. The second-order valence-corrected chi connectivity index (χ2v) is 5.59. The Kier molecular flexibility index (Phi) is 5.53. The number of aryl methyl sites for hydroxylation is 1. The standard InChI is InChI=1S/C17H26N4/c1-5-16(17(18-2)15-9-7-6-8-10-15)20(3)12-14-11-19-21(4)13-14/h6-11,13,16-18H,5,12H2,1-4H3. The SMILES string of the molecule is CCC(C(NC)c1ccccc1)N(C)Cc1cnn(C)c1. The Morgan fingerprint density at radius 1 is 1.29 bits per heavy atom. The van der Waals surface area contributed by atoms with Gasteiger partial charge < -0.3 is 5.32 Å². The fourth-order valence-electron chi connectivity index (χ4n) is 3.00. The summed E-state index contributed by atoms with van der Waals surface area (Å²) < 4.78 is 1.86. The van der Waals surface area contributed by atoms with Gasteiger partial charge in [-0.05, 0) is 26.1 Å². The summed E-state index contributed by atoms with van der Waals surface area (Å²) in [6, 6.07) is 11.4. The minimum absolute atomic E-state index is 0.331. The van der Waals surface area contributed by atoms with Gasteiger partial charge in [0, 0.05) is 37.4 Å². The van der Waals surface area contributed by atoms with Gasteiger partial charge in [-0.25, -0.2) is 0 Å². The molecule has 0 aliphatic carbocycles. The minimum Gasteiger partial charge on any atom is -0.312 e. The molecule has 4 heteroatoms. The van der Waals surface area contributed by atoms with Crippen molar-refractivity contribution < 1.29 is 0 Å². The van der Waals surface area contributed by atoms with Gasteiger partial charge in [-0.1, -0.05) is 37.3 Å². The molecule has 4 nitrogen and oxygen atoms in total. The zero-order valence-electron chi connectivity index (χ0n) is 13.5. The predicted octanol–water partition coefficient (Wildman–Crippen LogP) is 2.59. The van der Waals surface area contributed by atoms with Gasteiger partial charge in [0.25, 0.3) is 0 Å². The second kappa shape index (κ2) is 7.38. The van der Waals surface area contributed by atoms with Crippen LogP contribution in [-0.2, 0) is 13.6 Å². The van der Waals surface area contributed by atoms with Crippen molar-refractivity contribution in [3.05, 3.63) is 53.9 Å². The van der Waals surface area contributed by atoms with Gasteiger partial charge in [0.15, 0.2) is 0 Å². The summed E-state index contributed by atoms with van der Waals surface area (Å²) in [7, 11) is 6.19. The van der Waals surface area contributed by atoms with Gasteiger partial charge in [0.2, 0.25) is 0 Å². The molecule has 1 heterocycles. The lowest BCUT2D eigenvalue weighted by atomic mass is 9.96. The molecule has 0 bridgehead atoms. The van der Waals surface area contributed by atoms with Crippen LogP contribution < -0.4 is 5.32 Å². The van der Waals surface area contributed by atoms with Crippen LogP contribution in [0.4, 0.5) is 0 Å². The number of aromatic nitrogens is 2. The van der Waals surface area contributed by atoms with Crippen LogP contribution in [0, 0.1) is 0 Å². The van der Waals surface area contributed by atoms with E-state index in [9.17, 15) is 0 Å². The van der Waals surface area contributed by atoms with Crippen LogP contribution in [0.15, 0.2) is 42.7 Å². The lowest BCUT2D eigenvalue weighted by Crippen LogP contribution is -2.41. The monoisotopic (exact) mass is 286 g/mol. The molecular formula is C17H26N4. The highest BCUT2D eigenvalue weighted by molar-refractivity contribution is 5.20. The van der Waals surface area contributed by atoms with E-state index in [1.54, 1.807) is 0 Å². The van der Waals surface area contributed by atoms with Crippen molar-refractivity contribution in [2.45, 2.75) is 32.0 Å². The van der Waals surface area contributed by atoms with E-state index in [4.69, 9.17) is 0 Å². The minimum atomic E-state index is 0.331. The smallest absolute Gasteiger partial charge is 0.0534 e. The summed E-state index contributed by atoms with van der Waals surface area (Å²) >= 11 is 0. The fourth-order valence-corrected chi connectivity index (χ4v) is 3.00. The topological polar surface area (TPSA) is 33.1 Å². The largest absolute Gasteiger partial charge is 0.312 e. The highest BCUT2D eigenvalue weighted by Crippen LogP contribution is 2.23. The van der Waals surface area contributed by atoms with Crippen molar-refractivity contribution in [1.82, 2.24) is 20.0 Å². The van der Waals surface area contributed by atoms with Crippen LogP contribution in [0.25, 0.3) is 0 Å². The van der Waals surface area contributed by atoms with Crippen molar-refractivity contribution in [1.29, 1.82) is 0 Å². The van der Waals surface area contributed by atoms with Crippen LogP contribution in [0.2, 0.25) is 0 Å². The molecule has 2 rings (SSSR count). The number of nitrogens with one attached hydrogen (secondary N) is 1. The van der Waals surface area contributed by atoms with Crippen LogP contribution in [0.5, 0.6) is 0 Å². The summed E-state index contributed by atoms with van der Waals surface area (Å²) in [6.45, 7) is 3.16. The van der Waals surface area contributed by atoms with Crippen LogP contribution in [0.3, 0.4) is 0 Å². The van der Waals surface area contributed by atoms with Gasteiger partial charge in [0.05, 0.1) is 6.20 Å². The molecular weight excluding hydrogens is 260 g/mol. The average molecular weight is 286 g/mol. The summed E-state index contributed by atoms with van der Waals surface area (Å²) in [6.07, 6.45) is 5.12. The van der Waals surface area contributed by atoms with E-state index in [-0.39, 0.29) is 0 Å². The maximum Gasteiger partial charge on any atom is 0.0534 e. The average Bonchev–Trinajstić information content (AvgIpc) is 2.90. The first kappa shape index (κ1) is 15.7. The zero-order chi connectivity index (χ0) is 15.2. The molecule has 0 saturated carbocycles.